The Labute approximate surface area is 101 Å². The SMILES string of the molecule is CN1CCC=CC(c2cccc(O)c2)=C1C=O. The summed E-state index contributed by atoms with van der Waals surface area (Å²) in [6.07, 6.45) is 5.78. The van der Waals surface area contributed by atoms with E-state index >= 15 is 0 Å². The van der Waals surface area contributed by atoms with Crippen LogP contribution in [0, 0.1) is 0 Å². The van der Waals surface area contributed by atoms with Crippen LogP contribution < -0.4 is 0 Å². The highest BCUT2D eigenvalue weighted by Crippen LogP contribution is 2.26. The van der Waals surface area contributed by atoms with Gasteiger partial charge in [-0.05, 0) is 24.1 Å². The highest BCUT2D eigenvalue weighted by molar-refractivity contribution is 5.91. The maximum atomic E-state index is 11.2. The molecule has 1 aliphatic heterocycles. The third-order valence-electron chi connectivity index (χ3n) is 2.87. The number of carbonyl (C=O) groups excluding carboxylic acids is 1. The van der Waals surface area contributed by atoms with Crippen LogP contribution in [0.2, 0.25) is 0 Å². The molecule has 0 spiro atoms. The van der Waals surface area contributed by atoms with Crippen molar-refractivity contribution in [3.8, 4) is 5.75 Å². The molecule has 0 fully saturated rings. The molecule has 88 valence electrons. The summed E-state index contributed by atoms with van der Waals surface area (Å²) >= 11 is 0. The number of nitrogens with zero attached hydrogens (tertiary/aromatic N) is 1. The summed E-state index contributed by atoms with van der Waals surface area (Å²) in [6.45, 7) is 0.826. The Kier molecular flexibility index (Phi) is 3.28. The van der Waals surface area contributed by atoms with Crippen molar-refractivity contribution in [2.75, 3.05) is 13.6 Å². The number of benzene rings is 1. The molecule has 0 amide bonds. The minimum atomic E-state index is 0.209. The highest BCUT2D eigenvalue weighted by atomic mass is 16.3. The molecule has 2 rings (SSSR count). The molecule has 0 aromatic heterocycles. The van der Waals surface area contributed by atoms with Crippen LogP contribution in [0.15, 0.2) is 42.1 Å². The molecule has 3 heteroatoms. The van der Waals surface area contributed by atoms with Gasteiger partial charge >= 0.3 is 0 Å². The monoisotopic (exact) mass is 229 g/mol. The summed E-state index contributed by atoms with van der Waals surface area (Å²) in [5, 5.41) is 9.49. The normalized spacial score (nSPS) is 15.9. The number of phenols is 1. The van der Waals surface area contributed by atoms with Crippen molar-refractivity contribution in [2.45, 2.75) is 6.42 Å². The van der Waals surface area contributed by atoms with Crippen LogP contribution in [-0.2, 0) is 4.79 Å². The Bertz CT molecular complexity index is 489. The molecule has 0 unspecified atom stereocenters. The van der Waals surface area contributed by atoms with Gasteiger partial charge in [0.25, 0.3) is 0 Å². The molecule has 3 nitrogen and oxygen atoms in total. The molecular formula is C14H15NO2. The number of carbonyl (C=O) groups is 1. The molecule has 0 radical (unpaired) electrons. The Morgan fingerprint density at radius 1 is 1.41 bits per heavy atom. The summed E-state index contributed by atoms with van der Waals surface area (Å²) in [7, 11) is 1.90. The molecule has 0 saturated carbocycles. The van der Waals surface area contributed by atoms with Crippen molar-refractivity contribution < 1.29 is 9.90 Å². The molecule has 1 aromatic rings. The molecule has 17 heavy (non-hydrogen) atoms. The molecule has 0 saturated heterocycles. The lowest BCUT2D eigenvalue weighted by Crippen LogP contribution is -2.19. The van der Waals surface area contributed by atoms with Crippen molar-refractivity contribution in [1.29, 1.82) is 0 Å². The van der Waals surface area contributed by atoms with Crippen LogP contribution in [0.25, 0.3) is 5.57 Å². The van der Waals surface area contributed by atoms with E-state index in [0.717, 1.165) is 30.4 Å². The standard InChI is InChI=1S/C14H15NO2/c1-15-8-3-2-7-13(14(15)10-16)11-5-4-6-12(17)9-11/h2,4-7,9-10,17H,3,8H2,1H3. The zero-order chi connectivity index (χ0) is 12.3. The van der Waals surface area contributed by atoms with Gasteiger partial charge in [-0.1, -0.05) is 24.3 Å². The Morgan fingerprint density at radius 3 is 2.94 bits per heavy atom. The quantitative estimate of drug-likeness (QED) is 0.790. The maximum absolute atomic E-state index is 11.2. The molecule has 1 N–H and O–H groups in total. The number of rotatable bonds is 2. The lowest BCUT2D eigenvalue weighted by atomic mass is 10.0. The van der Waals surface area contributed by atoms with Crippen LogP contribution in [0.5, 0.6) is 5.75 Å². The van der Waals surface area contributed by atoms with E-state index in [4.69, 9.17) is 0 Å². The van der Waals surface area contributed by atoms with Crippen molar-refractivity contribution in [1.82, 2.24) is 4.90 Å². The first-order valence-corrected chi connectivity index (χ1v) is 5.59. The van der Waals surface area contributed by atoms with Crippen LogP contribution in [0.3, 0.4) is 0 Å². The van der Waals surface area contributed by atoms with E-state index < -0.39 is 0 Å². The van der Waals surface area contributed by atoms with Gasteiger partial charge in [-0.25, -0.2) is 0 Å². The summed E-state index contributed by atoms with van der Waals surface area (Å²) in [4.78, 5) is 13.1. The fourth-order valence-corrected chi connectivity index (χ4v) is 1.95. The van der Waals surface area contributed by atoms with E-state index in [9.17, 15) is 9.90 Å². The first-order valence-electron chi connectivity index (χ1n) is 5.59. The average molecular weight is 229 g/mol. The average Bonchev–Trinajstić information content (AvgIpc) is 2.50. The van der Waals surface area contributed by atoms with E-state index in [1.807, 2.05) is 30.2 Å². The van der Waals surface area contributed by atoms with Gasteiger partial charge in [0.2, 0.25) is 0 Å². The van der Waals surface area contributed by atoms with E-state index in [-0.39, 0.29) is 5.75 Å². The zero-order valence-electron chi connectivity index (χ0n) is 9.76. The minimum Gasteiger partial charge on any atom is -0.508 e. The van der Waals surface area contributed by atoms with Gasteiger partial charge < -0.3 is 10.0 Å². The van der Waals surface area contributed by atoms with Gasteiger partial charge in [0, 0.05) is 19.2 Å². The van der Waals surface area contributed by atoms with E-state index in [1.165, 1.54) is 0 Å². The van der Waals surface area contributed by atoms with Gasteiger partial charge in [-0.3, -0.25) is 4.79 Å². The third-order valence-corrected chi connectivity index (χ3v) is 2.87. The molecule has 0 aliphatic carbocycles. The van der Waals surface area contributed by atoms with E-state index in [1.54, 1.807) is 18.2 Å². The number of hydrogen-bond acceptors (Lipinski definition) is 3. The second-order valence-corrected chi connectivity index (χ2v) is 4.08. The Hall–Kier alpha value is -2.03. The predicted molar refractivity (Wildman–Crippen MR) is 67.5 cm³/mol. The van der Waals surface area contributed by atoms with E-state index in [0.29, 0.717) is 5.70 Å². The molecule has 1 aliphatic rings. The fraction of sp³-hybridized carbons (Fsp3) is 0.214. The summed E-state index contributed by atoms with van der Waals surface area (Å²) < 4.78 is 0. The molecule has 0 atom stereocenters. The molecule has 0 bridgehead atoms. The van der Waals surface area contributed by atoms with Crippen molar-refractivity contribution in [2.24, 2.45) is 0 Å². The third kappa shape index (κ3) is 2.38. The van der Waals surface area contributed by atoms with Crippen molar-refractivity contribution >= 4 is 11.9 Å². The van der Waals surface area contributed by atoms with Gasteiger partial charge in [-0.2, -0.15) is 0 Å². The van der Waals surface area contributed by atoms with Crippen molar-refractivity contribution in [3.05, 3.63) is 47.7 Å². The molecular weight excluding hydrogens is 214 g/mol. The second-order valence-electron chi connectivity index (χ2n) is 4.08. The molecule has 1 heterocycles. The smallest absolute Gasteiger partial charge is 0.166 e. The summed E-state index contributed by atoms with van der Waals surface area (Å²) in [6, 6.07) is 6.96. The van der Waals surface area contributed by atoms with Crippen LogP contribution >= 0.6 is 0 Å². The van der Waals surface area contributed by atoms with Crippen molar-refractivity contribution in [3.63, 3.8) is 0 Å². The number of hydrogen-bond donors (Lipinski definition) is 1. The number of aldehydes is 1. The van der Waals surface area contributed by atoms with Crippen LogP contribution in [0.4, 0.5) is 0 Å². The lowest BCUT2D eigenvalue weighted by Gasteiger charge is -2.18. The first-order chi connectivity index (χ1) is 8.22. The predicted octanol–water partition coefficient (Wildman–Crippen LogP) is 2.19. The number of phenolic OH excluding ortho intramolecular Hbond substituents is 1. The maximum Gasteiger partial charge on any atom is 0.166 e. The summed E-state index contributed by atoms with van der Waals surface area (Å²) in [5.41, 5.74) is 2.37. The Balaban J connectivity index is 2.55. The number of likely N-dealkylation sites (N-methyl/N-ethyl adjacent to an activating group) is 1. The number of allylic oxidation sites excluding steroid dienone is 3. The minimum absolute atomic E-state index is 0.209. The lowest BCUT2D eigenvalue weighted by molar-refractivity contribution is -0.106. The first kappa shape index (κ1) is 11.5. The van der Waals surface area contributed by atoms with Crippen LogP contribution in [-0.4, -0.2) is 29.9 Å². The highest BCUT2D eigenvalue weighted by Gasteiger charge is 2.13. The van der Waals surface area contributed by atoms with Gasteiger partial charge in [0.1, 0.15) is 5.75 Å². The largest absolute Gasteiger partial charge is 0.508 e. The fourth-order valence-electron chi connectivity index (χ4n) is 1.95. The molecule has 1 aromatic carbocycles. The second kappa shape index (κ2) is 4.87. The number of aromatic hydroxyl groups is 1. The van der Waals surface area contributed by atoms with Crippen LogP contribution in [0.1, 0.15) is 12.0 Å². The van der Waals surface area contributed by atoms with Gasteiger partial charge in [-0.15, -0.1) is 0 Å². The van der Waals surface area contributed by atoms with E-state index in [2.05, 4.69) is 0 Å². The Morgan fingerprint density at radius 2 is 2.24 bits per heavy atom. The zero-order valence-corrected chi connectivity index (χ0v) is 9.76. The summed E-state index contributed by atoms with van der Waals surface area (Å²) in [5.74, 6) is 0.209. The van der Waals surface area contributed by atoms with Gasteiger partial charge in [0.05, 0.1) is 5.70 Å². The topological polar surface area (TPSA) is 40.5 Å². The van der Waals surface area contributed by atoms with Gasteiger partial charge in [0.15, 0.2) is 6.29 Å².